The summed E-state index contributed by atoms with van der Waals surface area (Å²) in [6.45, 7) is 14.9. The number of rotatable bonds is 6. The number of aromatic nitrogens is 3. The van der Waals surface area contributed by atoms with E-state index in [2.05, 4.69) is 41.1 Å². The highest BCUT2D eigenvalue weighted by atomic mass is 16.2. The Bertz CT molecular complexity index is 566. The fourth-order valence-corrected chi connectivity index (χ4v) is 3.47. The normalized spacial score (nSPS) is 20.8. The van der Waals surface area contributed by atoms with Crippen LogP contribution in [0.5, 0.6) is 0 Å². The van der Waals surface area contributed by atoms with Gasteiger partial charge in [0.15, 0.2) is 0 Å². The van der Waals surface area contributed by atoms with E-state index in [9.17, 15) is 4.79 Å². The maximum absolute atomic E-state index is 12.6. The molecule has 1 aliphatic heterocycles. The van der Waals surface area contributed by atoms with Gasteiger partial charge < -0.3 is 5.32 Å². The molecule has 0 unspecified atom stereocenters. The lowest BCUT2D eigenvalue weighted by atomic mass is 9.97. The maximum Gasteiger partial charge on any atom is 0.225 e. The Hall–Kier alpha value is -1.43. The number of aryl methyl sites for hydroxylation is 2. The first-order chi connectivity index (χ1) is 11.2. The Morgan fingerprint density at radius 2 is 2.08 bits per heavy atom. The molecule has 136 valence electrons. The van der Waals surface area contributed by atoms with E-state index in [4.69, 9.17) is 0 Å². The first kappa shape index (κ1) is 18.9. The lowest BCUT2D eigenvalue weighted by molar-refractivity contribution is -0.127. The van der Waals surface area contributed by atoms with Gasteiger partial charge in [-0.2, -0.15) is 5.10 Å². The van der Waals surface area contributed by atoms with Crippen molar-refractivity contribution in [3.8, 4) is 0 Å². The van der Waals surface area contributed by atoms with Gasteiger partial charge in [0.05, 0.1) is 12.5 Å². The van der Waals surface area contributed by atoms with Gasteiger partial charge in [-0.1, -0.05) is 13.3 Å². The number of piperidine rings is 1. The summed E-state index contributed by atoms with van der Waals surface area (Å²) in [5.41, 5.74) is -0.232. The number of likely N-dealkylation sites (tertiary alicyclic amines) is 1. The quantitative estimate of drug-likeness (QED) is 0.866. The summed E-state index contributed by atoms with van der Waals surface area (Å²) < 4.78 is 1.82. The highest BCUT2D eigenvalue weighted by Crippen LogP contribution is 2.19. The Morgan fingerprint density at radius 1 is 1.38 bits per heavy atom. The molecule has 0 radical (unpaired) electrons. The molecule has 0 aliphatic carbocycles. The minimum Gasteiger partial charge on any atom is -0.350 e. The van der Waals surface area contributed by atoms with E-state index in [0.29, 0.717) is 12.6 Å². The van der Waals surface area contributed by atoms with Gasteiger partial charge in [-0.25, -0.2) is 9.67 Å². The Morgan fingerprint density at radius 3 is 2.67 bits per heavy atom. The molecule has 0 bridgehead atoms. The average molecular weight is 335 g/mol. The Balaban J connectivity index is 1.90. The number of nitrogens with one attached hydrogen (secondary N) is 1. The van der Waals surface area contributed by atoms with Crippen LogP contribution in [0.2, 0.25) is 0 Å². The fraction of sp³-hybridized carbons (Fsp3) is 0.833. The van der Waals surface area contributed by atoms with Crippen molar-refractivity contribution < 1.29 is 4.79 Å². The molecule has 2 rings (SSSR count). The second kappa shape index (κ2) is 7.64. The third-order valence-corrected chi connectivity index (χ3v) is 4.86. The zero-order chi connectivity index (χ0) is 17.9. The van der Waals surface area contributed by atoms with Crippen molar-refractivity contribution >= 4 is 5.91 Å². The largest absolute Gasteiger partial charge is 0.350 e. The first-order valence-electron chi connectivity index (χ1n) is 9.12. The van der Waals surface area contributed by atoms with Gasteiger partial charge in [-0.15, -0.1) is 0 Å². The molecule has 1 aromatic rings. The van der Waals surface area contributed by atoms with E-state index >= 15 is 0 Å². The second-order valence-electron chi connectivity index (χ2n) is 7.98. The minimum atomic E-state index is -0.232. The van der Waals surface area contributed by atoms with Crippen molar-refractivity contribution in [3.05, 3.63) is 11.6 Å². The van der Waals surface area contributed by atoms with Crippen molar-refractivity contribution in [2.45, 2.75) is 78.9 Å². The first-order valence-corrected chi connectivity index (χ1v) is 9.12. The highest BCUT2D eigenvalue weighted by Gasteiger charge is 2.29. The number of hydrogen-bond donors (Lipinski definition) is 1. The zero-order valence-electron chi connectivity index (χ0n) is 16.1. The highest BCUT2D eigenvalue weighted by molar-refractivity contribution is 5.78. The summed E-state index contributed by atoms with van der Waals surface area (Å²) in [5.74, 6) is 1.55. The van der Waals surface area contributed by atoms with E-state index in [1.165, 1.54) is 19.3 Å². The third-order valence-electron chi connectivity index (χ3n) is 4.86. The van der Waals surface area contributed by atoms with Gasteiger partial charge in [-0.3, -0.25) is 9.69 Å². The number of hydrogen-bond acceptors (Lipinski definition) is 4. The predicted octanol–water partition coefficient (Wildman–Crippen LogP) is 2.30. The summed E-state index contributed by atoms with van der Waals surface area (Å²) in [6.07, 6.45) is 3.83. The molecule has 1 aromatic heterocycles. The molecule has 0 aromatic carbocycles. The van der Waals surface area contributed by atoms with Crippen LogP contribution in [-0.2, 0) is 11.3 Å². The van der Waals surface area contributed by atoms with Crippen LogP contribution in [-0.4, -0.2) is 50.2 Å². The SMILES string of the molecule is Cc1nc(C)n(C[C@H](C)C(=O)NC(C)(C)CN2CCCC[C@H]2C)n1. The smallest absolute Gasteiger partial charge is 0.225 e. The van der Waals surface area contributed by atoms with E-state index in [1.54, 1.807) is 0 Å². The number of carbonyl (C=O) groups excluding carboxylic acids is 1. The van der Waals surface area contributed by atoms with Crippen molar-refractivity contribution in [1.82, 2.24) is 25.0 Å². The average Bonchev–Trinajstić information content (AvgIpc) is 2.78. The van der Waals surface area contributed by atoms with E-state index in [-0.39, 0.29) is 17.4 Å². The molecule has 1 aliphatic rings. The van der Waals surface area contributed by atoms with Crippen LogP contribution in [0.3, 0.4) is 0 Å². The molecule has 2 atom stereocenters. The predicted molar refractivity (Wildman–Crippen MR) is 95.8 cm³/mol. The third kappa shape index (κ3) is 5.03. The van der Waals surface area contributed by atoms with Crippen molar-refractivity contribution in [2.24, 2.45) is 5.92 Å². The van der Waals surface area contributed by atoms with E-state index in [1.807, 2.05) is 25.5 Å². The van der Waals surface area contributed by atoms with Crippen LogP contribution in [0.25, 0.3) is 0 Å². The van der Waals surface area contributed by atoms with E-state index < -0.39 is 0 Å². The fourth-order valence-electron chi connectivity index (χ4n) is 3.47. The summed E-state index contributed by atoms with van der Waals surface area (Å²) >= 11 is 0. The van der Waals surface area contributed by atoms with Crippen LogP contribution < -0.4 is 5.32 Å². The molecule has 1 N–H and O–H groups in total. The summed E-state index contributed by atoms with van der Waals surface area (Å²) in [5, 5.41) is 7.58. The summed E-state index contributed by atoms with van der Waals surface area (Å²) in [7, 11) is 0. The Kier molecular flexibility index (Phi) is 6.01. The summed E-state index contributed by atoms with van der Waals surface area (Å²) in [4.78, 5) is 19.4. The molecule has 1 amide bonds. The molecular weight excluding hydrogens is 302 g/mol. The molecule has 24 heavy (non-hydrogen) atoms. The number of nitrogens with zero attached hydrogens (tertiary/aromatic N) is 4. The van der Waals surface area contributed by atoms with Crippen LogP contribution in [0.4, 0.5) is 0 Å². The molecular formula is C18H33N5O. The number of amides is 1. The molecule has 0 spiro atoms. The van der Waals surface area contributed by atoms with Gasteiger partial charge in [0.1, 0.15) is 11.6 Å². The molecule has 0 saturated carbocycles. The van der Waals surface area contributed by atoms with Gasteiger partial charge >= 0.3 is 0 Å². The molecule has 6 nitrogen and oxygen atoms in total. The van der Waals surface area contributed by atoms with Crippen LogP contribution in [0.1, 0.15) is 58.6 Å². The lowest BCUT2D eigenvalue weighted by Gasteiger charge is -2.39. The van der Waals surface area contributed by atoms with Crippen LogP contribution >= 0.6 is 0 Å². The molecule has 2 heterocycles. The molecule has 6 heteroatoms. The van der Waals surface area contributed by atoms with Crippen molar-refractivity contribution in [3.63, 3.8) is 0 Å². The Labute approximate surface area is 146 Å². The molecule has 1 fully saturated rings. The maximum atomic E-state index is 12.6. The minimum absolute atomic E-state index is 0.0808. The van der Waals surface area contributed by atoms with Crippen LogP contribution in [0, 0.1) is 19.8 Å². The topological polar surface area (TPSA) is 63.1 Å². The van der Waals surface area contributed by atoms with Crippen molar-refractivity contribution in [2.75, 3.05) is 13.1 Å². The molecule has 1 saturated heterocycles. The van der Waals surface area contributed by atoms with Gasteiger partial charge in [0.25, 0.3) is 0 Å². The second-order valence-corrected chi connectivity index (χ2v) is 7.98. The summed E-state index contributed by atoms with van der Waals surface area (Å²) in [6, 6.07) is 0.605. The van der Waals surface area contributed by atoms with Gasteiger partial charge in [-0.05, 0) is 54.0 Å². The number of carbonyl (C=O) groups is 1. The van der Waals surface area contributed by atoms with E-state index in [0.717, 1.165) is 24.7 Å². The van der Waals surface area contributed by atoms with Gasteiger partial charge in [0, 0.05) is 18.1 Å². The van der Waals surface area contributed by atoms with Crippen molar-refractivity contribution in [1.29, 1.82) is 0 Å². The zero-order valence-corrected chi connectivity index (χ0v) is 16.1. The van der Waals surface area contributed by atoms with Crippen LogP contribution in [0.15, 0.2) is 0 Å². The monoisotopic (exact) mass is 335 g/mol. The standard InChI is InChI=1S/C18H33N5O/c1-13(11-23-16(4)19-15(3)21-23)17(24)20-18(5,6)12-22-10-8-7-9-14(22)2/h13-14H,7-12H2,1-6H3,(H,20,24)/t13-,14+/m0/s1. The van der Waals surface area contributed by atoms with Gasteiger partial charge in [0.2, 0.25) is 5.91 Å². The lowest BCUT2D eigenvalue weighted by Crippen LogP contribution is -2.55.